The van der Waals surface area contributed by atoms with Gasteiger partial charge in [-0.25, -0.2) is 0 Å². The SMILES string of the molecule is C=CC[C@@H](CC)[C@H](O)CC(=O)O. The van der Waals surface area contributed by atoms with E-state index in [1.165, 1.54) is 0 Å². The van der Waals surface area contributed by atoms with E-state index in [9.17, 15) is 9.90 Å². The summed E-state index contributed by atoms with van der Waals surface area (Å²) in [6, 6.07) is 0. The molecule has 0 unspecified atom stereocenters. The third-order valence-electron chi connectivity index (χ3n) is 1.92. The Morgan fingerprint density at radius 3 is 2.58 bits per heavy atom. The van der Waals surface area contributed by atoms with E-state index >= 15 is 0 Å². The minimum Gasteiger partial charge on any atom is -0.481 e. The highest BCUT2D eigenvalue weighted by Gasteiger charge is 2.18. The van der Waals surface area contributed by atoms with Gasteiger partial charge in [0.2, 0.25) is 0 Å². The molecule has 0 aromatic rings. The van der Waals surface area contributed by atoms with Crippen LogP contribution >= 0.6 is 0 Å². The second kappa shape index (κ2) is 5.77. The van der Waals surface area contributed by atoms with E-state index < -0.39 is 12.1 Å². The smallest absolute Gasteiger partial charge is 0.305 e. The highest BCUT2D eigenvalue weighted by molar-refractivity contribution is 5.67. The number of carboxylic acid groups (broad SMARTS) is 1. The number of allylic oxidation sites excluding steroid dienone is 1. The fourth-order valence-corrected chi connectivity index (χ4v) is 1.16. The first-order chi connectivity index (χ1) is 5.61. The molecule has 0 saturated heterocycles. The van der Waals surface area contributed by atoms with Gasteiger partial charge in [-0.05, 0) is 12.3 Å². The molecule has 0 bridgehead atoms. The average molecular weight is 172 g/mol. The summed E-state index contributed by atoms with van der Waals surface area (Å²) < 4.78 is 0. The Morgan fingerprint density at radius 2 is 2.25 bits per heavy atom. The van der Waals surface area contributed by atoms with E-state index in [1.807, 2.05) is 6.92 Å². The molecule has 0 aromatic carbocycles. The number of carboxylic acids is 1. The van der Waals surface area contributed by atoms with E-state index in [0.717, 1.165) is 6.42 Å². The summed E-state index contributed by atoms with van der Waals surface area (Å²) >= 11 is 0. The lowest BCUT2D eigenvalue weighted by molar-refractivity contribution is -0.140. The van der Waals surface area contributed by atoms with E-state index in [2.05, 4.69) is 6.58 Å². The van der Waals surface area contributed by atoms with Crippen LogP contribution < -0.4 is 0 Å². The predicted octanol–water partition coefficient (Wildman–Crippen LogP) is 1.42. The van der Waals surface area contributed by atoms with Crippen LogP contribution in [0.2, 0.25) is 0 Å². The van der Waals surface area contributed by atoms with Crippen LogP contribution in [0.4, 0.5) is 0 Å². The van der Waals surface area contributed by atoms with Crippen LogP contribution in [0.5, 0.6) is 0 Å². The molecular formula is C9H16O3. The van der Waals surface area contributed by atoms with Crippen LogP contribution in [-0.4, -0.2) is 22.3 Å². The van der Waals surface area contributed by atoms with Crippen LogP contribution in [-0.2, 0) is 4.79 Å². The van der Waals surface area contributed by atoms with Crippen molar-refractivity contribution in [3.63, 3.8) is 0 Å². The predicted molar refractivity (Wildman–Crippen MR) is 46.9 cm³/mol. The Morgan fingerprint density at radius 1 is 1.67 bits per heavy atom. The zero-order valence-corrected chi connectivity index (χ0v) is 7.36. The Kier molecular flexibility index (Phi) is 5.37. The molecule has 3 heteroatoms. The first-order valence-electron chi connectivity index (χ1n) is 4.12. The number of hydrogen-bond donors (Lipinski definition) is 2. The minimum absolute atomic E-state index is 0.0265. The maximum absolute atomic E-state index is 10.2. The van der Waals surface area contributed by atoms with Crippen LogP contribution in [0.3, 0.4) is 0 Å². The quantitative estimate of drug-likeness (QED) is 0.596. The van der Waals surface area contributed by atoms with Gasteiger partial charge in [-0.15, -0.1) is 6.58 Å². The van der Waals surface area contributed by atoms with Crippen molar-refractivity contribution >= 4 is 5.97 Å². The molecule has 0 amide bonds. The molecule has 0 fully saturated rings. The first-order valence-corrected chi connectivity index (χ1v) is 4.12. The summed E-state index contributed by atoms with van der Waals surface area (Å²) in [7, 11) is 0. The highest BCUT2D eigenvalue weighted by Crippen LogP contribution is 2.16. The van der Waals surface area contributed by atoms with Crippen molar-refractivity contribution in [2.45, 2.75) is 32.3 Å². The Hall–Kier alpha value is -0.830. The number of aliphatic carboxylic acids is 1. The highest BCUT2D eigenvalue weighted by atomic mass is 16.4. The van der Waals surface area contributed by atoms with Crippen molar-refractivity contribution in [1.82, 2.24) is 0 Å². The molecule has 0 heterocycles. The van der Waals surface area contributed by atoms with E-state index in [1.54, 1.807) is 6.08 Å². The van der Waals surface area contributed by atoms with E-state index in [0.29, 0.717) is 6.42 Å². The van der Waals surface area contributed by atoms with Crippen molar-refractivity contribution in [2.24, 2.45) is 5.92 Å². The van der Waals surface area contributed by atoms with Crippen molar-refractivity contribution in [1.29, 1.82) is 0 Å². The third kappa shape index (κ3) is 4.13. The maximum atomic E-state index is 10.2. The minimum atomic E-state index is -0.954. The van der Waals surface area contributed by atoms with Crippen molar-refractivity contribution in [3.05, 3.63) is 12.7 Å². The molecule has 2 N–H and O–H groups in total. The molecule has 12 heavy (non-hydrogen) atoms. The van der Waals surface area contributed by atoms with Crippen LogP contribution in [0.1, 0.15) is 26.2 Å². The summed E-state index contributed by atoms with van der Waals surface area (Å²) in [5.41, 5.74) is 0. The van der Waals surface area contributed by atoms with Gasteiger partial charge in [0.05, 0.1) is 12.5 Å². The zero-order valence-electron chi connectivity index (χ0n) is 7.36. The van der Waals surface area contributed by atoms with Crippen LogP contribution in [0, 0.1) is 5.92 Å². The summed E-state index contributed by atoms with van der Waals surface area (Å²) in [5.74, 6) is -0.927. The second-order valence-corrected chi connectivity index (χ2v) is 2.86. The molecule has 0 spiro atoms. The summed E-state index contributed by atoms with van der Waals surface area (Å²) in [6.07, 6.45) is 2.24. The second-order valence-electron chi connectivity index (χ2n) is 2.86. The standard InChI is InChI=1S/C9H16O3/c1-3-5-7(4-2)8(10)6-9(11)12/h3,7-8,10H,1,4-6H2,2H3,(H,11,12)/t7-,8-/m1/s1. The zero-order chi connectivity index (χ0) is 9.56. The molecule has 0 aliphatic carbocycles. The van der Waals surface area contributed by atoms with Gasteiger partial charge in [-0.2, -0.15) is 0 Å². The molecule has 2 atom stereocenters. The number of hydrogen-bond acceptors (Lipinski definition) is 2. The van der Waals surface area contributed by atoms with Crippen LogP contribution in [0.25, 0.3) is 0 Å². The molecule has 0 aliphatic rings. The first kappa shape index (κ1) is 11.2. The molecule has 3 nitrogen and oxygen atoms in total. The molecule has 0 radical (unpaired) electrons. The molecule has 0 aromatic heterocycles. The summed E-state index contributed by atoms with van der Waals surface area (Å²) in [4.78, 5) is 10.2. The Balaban J connectivity index is 3.92. The van der Waals surface area contributed by atoms with Gasteiger partial charge in [-0.1, -0.05) is 19.4 Å². The molecular weight excluding hydrogens is 156 g/mol. The molecule has 0 rings (SSSR count). The Bertz CT molecular complexity index is 154. The lowest BCUT2D eigenvalue weighted by Gasteiger charge is -2.17. The van der Waals surface area contributed by atoms with Crippen molar-refractivity contribution in [2.75, 3.05) is 0 Å². The van der Waals surface area contributed by atoms with Crippen molar-refractivity contribution in [3.8, 4) is 0 Å². The number of carbonyl (C=O) groups is 1. The number of aliphatic hydroxyl groups excluding tert-OH is 1. The van der Waals surface area contributed by atoms with Gasteiger partial charge in [-0.3, -0.25) is 4.79 Å². The molecule has 70 valence electrons. The topological polar surface area (TPSA) is 57.5 Å². The molecule has 0 aliphatic heterocycles. The summed E-state index contributed by atoms with van der Waals surface area (Å²) in [5, 5.41) is 17.8. The van der Waals surface area contributed by atoms with E-state index in [4.69, 9.17) is 5.11 Å². The summed E-state index contributed by atoms with van der Waals surface area (Å²) in [6.45, 7) is 5.48. The average Bonchev–Trinajstić information content (AvgIpc) is 1.98. The Labute approximate surface area is 72.7 Å². The van der Waals surface area contributed by atoms with Gasteiger partial charge in [0.1, 0.15) is 0 Å². The monoisotopic (exact) mass is 172 g/mol. The van der Waals surface area contributed by atoms with Gasteiger partial charge in [0.15, 0.2) is 0 Å². The lowest BCUT2D eigenvalue weighted by atomic mass is 9.94. The number of aliphatic hydroxyl groups is 1. The normalized spacial score (nSPS) is 15.2. The largest absolute Gasteiger partial charge is 0.481 e. The van der Waals surface area contributed by atoms with E-state index in [-0.39, 0.29) is 12.3 Å². The fraction of sp³-hybridized carbons (Fsp3) is 0.667. The van der Waals surface area contributed by atoms with Gasteiger partial charge in [0.25, 0.3) is 0 Å². The van der Waals surface area contributed by atoms with Crippen molar-refractivity contribution < 1.29 is 15.0 Å². The van der Waals surface area contributed by atoms with Gasteiger partial charge >= 0.3 is 5.97 Å². The molecule has 0 saturated carbocycles. The van der Waals surface area contributed by atoms with Gasteiger partial charge in [0, 0.05) is 0 Å². The third-order valence-corrected chi connectivity index (χ3v) is 1.92. The fourth-order valence-electron chi connectivity index (χ4n) is 1.16. The van der Waals surface area contributed by atoms with Gasteiger partial charge < -0.3 is 10.2 Å². The van der Waals surface area contributed by atoms with Crippen LogP contribution in [0.15, 0.2) is 12.7 Å². The maximum Gasteiger partial charge on any atom is 0.305 e. The lowest BCUT2D eigenvalue weighted by Crippen LogP contribution is -2.22. The number of rotatable bonds is 6.